The van der Waals surface area contributed by atoms with Crippen molar-refractivity contribution in [1.82, 2.24) is 5.32 Å². The van der Waals surface area contributed by atoms with Crippen LogP contribution in [0.15, 0.2) is 18.2 Å². The van der Waals surface area contributed by atoms with Gasteiger partial charge in [0.1, 0.15) is 12.4 Å². The fraction of sp³-hybridized carbons (Fsp3) is 0.471. The Balaban J connectivity index is 2.08. The molecule has 0 radical (unpaired) electrons. The van der Waals surface area contributed by atoms with Gasteiger partial charge >= 0.3 is 0 Å². The number of hydrogen-bond donors (Lipinski definition) is 2. The maximum atomic E-state index is 12.2. The van der Waals surface area contributed by atoms with Gasteiger partial charge in [0.25, 0.3) is 5.91 Å². The number of nitrogens with one attached hydrogen (secondary N) is 1. The van der Waals surface area contributed by atoms with Crippen LogP contribution >= 0.6 is 0 Å². The number of rotatable bonds is 5. The molecule has 1 fully saturated rings. The summed E-state index contributed by atoms with van der Waals surface area (Å²) >= 11 is 0. The van der Waals surface area contributed by atoms with Crippen molar-refractivity contribution in [3.05, 3.63) is 29.3 Å². The van der Waals surface area contributed by atoms with E-state index >= 15 is 0 Å². The lowest BCUT2D eigenvalue weighted by atomic mass is 10.1. The largest absolute Gasteiger partial charge is 0.495 e. The fourth-order valence-corrected chi connectivity index (χ4v) is 2.30. The highest BCUT2D eigenvalue weighted by Gasteiger charge is 2.24. The summed E-state index contributed by atoms with van der Waals surface area (Å²) in [5.41, 5.74) is 1.16. The SMILES string of the molecule is COc1ccc(C(=O)NC(C)CC2CC2)cc1C#CCO. The van der Waals surface area contributed by atoms with Gasteiger partial charge in [-0.05, 0) is 37.5 Å². The molecule has 0 aromatic heterocycles. The van der Waals surface area contributed by atoms with Crippen molar-refractivity contribution in [2.75, 3.05) is 13.7 Å². The number of methoxy groups -OCH3 is 1. The smallest absolute Gasteiger partial charge is 0.251 e. The van der Waals surface area contributed by atoms with E-state index in [1.165, 1.54) is 12.8 Å². The molecular weight excluding hydrogens is 266 g/mol. The van der Waals surface area contributed by atoms with E-state index in [4.69, 9.17) is 9.84 Å². The first-order valence-corrected chi connectivity index (χ1v) is 7.22. The summed E-state index contributed by atoms with van der Waals surface area (Å²) in [6.45, 7) is 1.81. The number of hydrogen-bond acceptors (Lipinski definition) is 3. The van der Waals surface area contributed by atoms with Gasteiger partial charge in [0, 0.05) is 11.6 Å². The minimum atomic E-state index is -0.224. The van der Waals surface area contributed by atoms with E-state index in [9.17, 15) is 4.79 Å². The molecule has 0 saturated heterocycles. The average molecular weight is 287 g/mol. The Morgan fingerprint density at radius 3 is 2.90 bits per heavy atom. The molecule has 112 valence electrons. The predicted molar refractivity (Wildman–Crippen MR) is 81.2 cm³/mol. The van der Waals surface area contributed by atoms with Crippen molar-refractivity contribution in [3.8, 4) is 17.6 Å². The summed E-state index contributed by atoms with van der Waals surface area (Å²) in [4.78, 5) is 12.2. The van der Waals surface area contributed by atoms with Crippen LogP contribution in [0.25, 0.3) is 0 Å². The van der Waals surface area contributed by atoms with Crippen molar-refractivity contribution >= 4 is 5.91 Å². The van der Waals surface area contributed by atoms with Crippen LogP contribution in [0.4, 0.5) is 0 Å². The number of aliphatic hydroxyl groups excluding tert-OH is 1. The summed E-state index contributed by atoms with van der Waals surface area (Å²) in [5, 5.41) is 11.8. The fourth-order valence-electron chi connectivity index (χ4n) is 2.30. The summed E-state index contributed by atoms with van der Waals surface area (Å²) in [5.74, 6) is 6.65. The highest BCUT2D eigenvalue weighted by Crippen LogP contribution is 2.33. The standard InChI is InChI=1S/C17H21NO3/c1-12(10-13-5-6-13)18-17(20)15-7-8-16(21-2)14(11-15)4-3-9-19/h7-8,11-13,19H,5-6,9-10H2,1-2H3,(H,18,20). The van der Waals surface area contributed by atoms with Crippen LogP contribution in [0, 0.1) is 17.8 Å². The van der Waals surface area contributed by atoms with Crippen molar-refractivity contribution in [3.63, 3.8) is 0 Å². The number of carbonyl (C=O) groups excluding carboxylic acids is 1. The third kappa shape index (κ3) is 4.51. The summed E-state index contributed by atoms with van der Waals surface area (Å²) in [6, 6.07) is 5.32. The van der Waals surface area contributed by atoms with Gasteiger partial charge in [-0.3, -0.25) is 4.79 Å². The first-order valence-electron chi connectivity index (χ1n) is 7.22. The van der Waals surface area contributed by atoms with Gasteiger partial charge in [-0.2, -0.15) is 0 Å². The van der Waals surface area contributed by atoms with Gasteiger partial charge < -0.3 is 15.2 Å². The lowest BCUT2D eigenvalue weighted by Crippen LogP contribution is -2.32. The Morgan fingerprint density at radius 2 is 2.29 bits per heavy atom. The number of aliphatic hydroxyl groups is 1. The van der Waals surface area contributed by atoms with Gasteiger partial charge in [-0.15, -0.1) is 0 Å². The Kier molecular flexibility index (Phi) is 5.24. The number of carbonyl (C=O) groups is 1. The third-order valence-corrected chi connectivity index (χ3v) is 3.53. The minimum absolute atomic E-state index is 0.0992. The zero-order chi connectivity index (χ0) is 15.2. The molecule has 2 N–H and O–H groups in total. The van der Waals surface area contributed by atoms with E-state index in [2.05, 4.69) is 17.2 Å². The van der Waals surface area contributed by atoms with Crippen molar-refractivity contribution in [2.24, 2.45) is 5.92 Å². The van der Waals surface area contributed by atoms with Gasteiger partial charge in [-0.25, -0.2) is 0 Å². The van der Waals surface area contributed by atoms with E-state index in [1.54, 1.807) is 25.3 Å². The summed E-state index contributed by atoms with van der Waals surface area (Å²) < 4.78 is 5.20. The summed E-state index contributed by atoms with van der Waals surface area (Å²) in [7, 11) is 1.55. The first-order chi connectivity index (χ1) is 10.1. The average Bonchev–Trinajstić information content (AvgIpc) is 3.28. The lowest BCUT2D eigenvalue weighted by molar-refractivity contribution is 0.0937. The second-order valence-electron chi connectivity index (χ2n) is 5.43. The van der Waals surface area contributed by atoms with E-state index in [1.807, 2.05) is 6.92 Å². The maximum Gasteiger partial charge on any atom is 0.251 e. The Hall–Kier alpha value is -1.99. The Morgan fingerprint density at radius 1 is 1.52 bits per heavy atom. The van der Waals surface area contributed by atoms with Crippen LogP contribution < -0.4 is 10.1 Å². The van der Waals surface area contributed by atoms with Gasteiger partial charge in [0.2, 0.25) is 0 Å². The molecule has 2 rings (SSSR count). The highest BCUT2D eigenvalue weighted by atomic mass is 16.5. The zero-order valence-electron chi connectivity index (χ0n) is 12.5. The second-order valence-corrected chi connectivity index (χ2v) is 5.43. The molecule has 21 heavy (non-hydrogen) atoms. The van der Waals surface area contributed by atoms with E-state index < -0.39 is 0 Å². The predicted octanol–water partition coefficient (Wildman–Crippen LogP) is 1.96. The van der Waals surface area contributed by atoms with Crippen LogP contribution in [-0.4, -0.2) is 30.8 Å². The zero-order valence-corrected chi connectivity index (χ0v) is 12.5. The molecule has 4 heteroatoms. The van der Waals surface area contributed by atoms with Gasteiger partial charge in [0.15, 0.2) is 0 Å². The second kappa shape index (κ2) is 7.14. The van der Waals surface area contributed by atoms with Crippen LogP contribution in [0.3, 0.4) is 0 Å². The molecule has 0 heterocycles. The third-order valence-electron chi connectivity index (χ3n) is 3.53. The quantitative estimate of drug-likeness (QED) is 0.814. The molecule has 0 spiro atoms. The van der Waals surface area contributed by atoms with Crippen molar-refractivity contribution < 1.29 is 14.6 Å². The molecule has 0 bridgehead atoms. The molecule has 1 aliphatic rings. The normalized spacial score (nSPS) is 14.8. The van der Waals surface area contributed by atoms with Crippen LogP contribution in [0.2, 0.25) is 0 Å². The molecule has 1 unspecified atom stereocenters. The Labute approximate surface area is 125 Å². The van der Waals surface area contributed by atoms with Crippen LogP contribution in [-0.2, 0) is 0 Å². The molecule has 1 aliphatic carbocycles. The van der Waals surface area contributed by atoms with Gasteiger partial charge in [-0.1, -0.05) is 24.7 Å². The number of amides is 1. The monoisotopic (exact) mass is 287 g/mol. The molecule has 1 amide bonds. The maximum absolute atomic E-state index is 12.2. The minimum Gasteiger partial charge on any atom is -0.495 e. The molecule has 1 atom stereocenters. The highest BCUT2D eigenvalue weighted by molar-refractivity contribution is 5.95. The van der Waals surface area contributed by atoms with E-state index in [-0.39, 0.29) is 18.6 Å². The van der Waals surface area contributed by atoms with Crippen LogP contribution in [0.1, 0.15) is 42.1 Å². The Bertz CT molecular complexity index is 567. The van der Waals surface area contributed by atoms with Gasteiger partial charge in [0.05, 0.1) is 12.7 Å². The molecule has 0 aliphatic heterocycles. The topological polar surface area (TPSA) is 58.6 Å². The van der Waals surface area contributed by atoms with Crippen molar-refractivity contribution in [1.29, 1.82) is 0 Å². The molecular formula is C17H21NO3. The molecule has 1 aromatic carbocycles. The van der Waals surface area contributed by atoms with E-state index in [0.29, 0.717) is 16.9 Å². The van der Waals surface area contributed by atoms with Crippen LogP contribution in [0.5, 0.6) is 5.75 Å². The lowest BCUT2D eigenvalue weighted by Gasteiger charge is -2.14. The van der Waals surface area contributed by atoms with E-state index in [0.717, 1.165) is 12.3 Å². The molecule has 4 nitrogen and oxygen atoms in total. The summed E-state index contributed by atoms with van der Waals surface area (Å²) in [6.07, 6.45) is 3.60. The number of ether oxygens (including phenoxy) is 1. The first kappa shape index (κ1) is 15.4. The molecule has 1 aromatic rings. The number of benzene rings is 1. The van der Waals surface area contributed by atoms with Crippen molar-refractivity contribution in [2.45, 2.75) is 32.2 Å². The molecule has 1 saturated carbocycles.